The molecule has 0 amide bonds. The average molecular weight is 185 g/mol. The Balaban J connectivity index is 4.31. The normalized spacial score (nSPS) is 14.7. The summed E-state index contributed by atoms with van der Waals surface area (Å²) in [5, 5.41) is 3.12. The van der Waals surface area contributed by atoms with Crippen molar-refractivity contribution < 1.29 is 9.53 Å². The zero-order chi connectivity index (χ0) is 10.3. The highest BCUT2D eigenvalue weighted by Gasteiger charge is 2.32. The largest absolute Gasteiger partial charge is 0.468 e. The van der Waals surface area contributed by atoms with E-state index in [1.807, 2.05) is 13.8 Å². The number of ether oxygens (including phenoxy) is 1. The maximum atomic E-state index is 11.4. The first-order valence-electron chi connectivity index (χ1n) is 4.55. The fourth-order valence-corrected chi connectivity index (χ4v) is 1.27. The molecule has 76 valence electrons. The molecule has 1 N–H and O–H groups in total. The average Bonchev–Trinajstić information content (AvgIpc) is 2.14. The van der Waals surface area contributed by atoms with E-state index in [2.05, 4.69) is 11.9 Å². The SMILES string of the molecule is C=CCCC(C)(NCC)C(=O)OC. The van der Waals surface area contributed by atoms with Gasteiger partial charge in [0.15, 0.2) is 0 Å². The Morgan fingerprint density at radius 2 is 2.31 bits per heavy atom. The highest BCUT2D eigenvalue weighted by atomic mass is 16.5. The summed E-state index contributed by atoms with van der Waals surface area (Å²) < 4.78 is 4.73. The molecular weight excluding hydrogens is 166 g/mol. The van der Waals surface area contributed by atoms with E-state index in [0.29, 0.717) is 0 Å². The molecule has 0 aliphatic heterocycles. The van der Waals surface area contributed by atoms with Gasteiger partial charge in [-0.3, -0.25) is 4.79 Å². The molecule has 13 heavy (non-hydrogen) atoms. The van der Waals surface area contributed by atoms with Crippen LogP contribution >= 0.6 is 0 Å². The third kappa shape index (κ3) is 3.59. The minimum atomic E-state index is -0.572. The van der Waals surface area contributed by atoms with Crippen LogP contribution in [0.4, 0.5) is 0 Å². The molecule has 0 spiro atoms. The number of esters is 1. The van der Waals surface area contributed by atoms with Crippen LogP contribution in [0, 0.1) is 0 Å². The number of rotatable bonds is 6. The first kappa shape index (κ1) is 12.2. The second-order valence-corrected chi connectivity index (χ2v) is 3.18. The number of methoxy groups -OCH3 is 1. The van der Waals surface area contributed by atoms with Crippen LogP contribution in [-0.4, -0.2) is 25.2 Å². The molecule has 0 radical (unpaired) electrons. The van der Waals surface area contributed by atoms with Gasteiger partial charge in [0.25, 0.3) is 0 Å². The van der Waals surface area contributed by atoms with Gasteiger partial charge in [0.2, 0.25) is 0 Å². The number of allylic oxidation sites excluding steroid dienone is 1. The van der Waals surface area contributed by atoms with Crippen LogP contribution in [-0.2, 0) is 9.53 Å². The van der Waals surface area contributed by atoms with Crippen LogP contribution in [0.2, 0.25) is 0 Å². The van der Waals surface area contributed by atoms with E-state index in [9.17, 15) is 4.79 Å². The van der Waals surface area contributed by atoms with Gasteiger partial charge in [-0.25, -0.2) is 0 Å². The van der Waals surface area contributed by atoms with Crippen LogP contribution in [0.25, 0.3) is 0 Å². The Labute approximate surface area is 80.2 Å². The first-order valence-corrected chi connectivity index (χ1v) is 4.55. The highest BCUT2D eigenvalue weighted by Crippen LogP contribution is 2.14. The lowest BCUT2D eigenvalue weighted by molar-refractivity contribution is -0.148. The zero-order valence-corrected chi connectivity index (χ0v) is 8.72. The summed E-state index contributed by atoms with van der Waals surface area (Å²) in [5.74, 6) is -0.212. The van der Waals surface area contributed by atoms with Crippen LogP contribution in [0.3, 0.4) is 0 Å². The van der Waals surface area contributed by atoms with Crippen LogP contribution in [0.15, 0.2) is 12.7 Å². The van der Waals surface area contributed by atoms with Crippen molar-refractivity contribution in [2.45, 2.75) is 32.2 Å². The standard InChI is InChI=1S/C10H19NO2/c1-5-7-8-10(3,11-6-2)9(12)13-4/h5,11H,1,6-8H2,2-4H3. The summed E-state index contributed by atoms with van der Waals surface area (Å²) in [5.41, 5.74) is -0.572. The van der Waals surface area contributed by atoms with Gasteiger partial charge in [-0.2, -0.15) is 0 Å². The summed E-state index contributed by atoms with van der Waals surface area (Å²) >= 11 is 0. The lowest BCUT2D eigenvalue weighted by Crippen LogP contribution is -2.49. The third-order valence-electron chi connectivity index (χ3n) is 2.05. The summed E-state index contributed by atoms with van der Waals surface area (Å²) in [4.78, 5) is 11.4. The number of likely N-dealkylation sites (N-methyl/N-ethyl adjacent to an activating group) is 1. The van der Waals surface area contributed by atoms with Crippen molar-refractivity contribution in [3.05, 3.63) is 12.7 Å². The van der Waals surface area contributed by atoms with Crippen LogP contribution in [0.1, 0.15) is 26.7 Å². The van der Waals surface area contributed by atoms with E-state index >= 15 is 0 Å². The van der Waals surface area contributed by atoms with E-state index in [4.69, 9.17) is 4.74 Å². The van der Waals surface area contributed by atoms with Gasteiger partial charge in [-0.05, 0) is 26.3 Å². The molecule has 0 aromatic rings. The Morgan fingerprint density at radius 1 is 1.69 bits per heavy atom. The van der Waals surface area contributed by atoms with Crippen molar-refractivity contribution >= 4 is 5.97 Å². The predicted molar refractivity (Wildman–Crippen MR) is 53.5 cm³/mol. The van der Waals surface area contributed by atoms with Gasteiger partial charge in [-0.1, -0.05) is 13.0 Å². The Kier molecular flexibility index (Phi) is 5.39. The number of nitrogens with one attached hydrogen (secondary N) is 1. The monoisotopic (exact) mass is 185 g/mol. The number of carbonyl (C=O) groups is 1. The molecule has 1 unspecified atom stereocenters. The Morgan fingerprint density at radius 3 is 2.69 bits per heavy atom. The van der Waals surface area contributed by atoms with Crippen molar-refractivity contribution in [3.8, 4) is 0 Å². The fourth-order valence-electron chi connectivity index (χ4n) is 1.27. The smallest absolute Gasteiger partial charge is 0.325 e. The van der Waals surface area contributed by atoms with E-state index in [0.717, 1.165) is 19.4 Å². The lowest BCUT2D eigenvalue weighted by atomic mass is 9.96. The molecule has 3 nitrogen and oxygen atoms in total. The minimum Gasteiger partial charge on any atom is -0.468 e. The molecule has 0 saturated carbocycles. The molecule has 0 aliphatic rings. The second-order valence-electron chi connectivity index (χ2n) is 3.18. The molecule has 1 atom stereocenters. The molecule has 0 aliphatic carbocycles. The third-order valence-corrected chi connectivity index (χ3v) is 2.05. The predicted octanol–water partition coefficient (Wildman–Crippen LogP) is 1.49. The van der Waals surface area contributed by atoms with E-state index in [1.165, 1.54) is 7.11 Å². The van der Waals surface area contributed by atoms with Gasteiger partial charge in [0.05, 0.1) is 7.11 Å². The first-order chi connectivity index (χ1) is 6.10. The number of carbonyl (C=O) groups excluding carboxylic acids is 1. The Hall–Kier alpha value is -0.830. The molecule has 0 fully saturated rings. The fraction of sp³-hybridized carbons (Fsp3) is 0.700. The molecule has 0 rings (SSSR count). The molecule has 3 heteroatoms. The molecule has 0 saturated heterocycles. The summed E-state index contributed by atoms with van der Waals surface area (Å²) in [6, 6.07) is 0. The summed E-state index contributed by atoms with van der Waals surface area (Å²) in [7, 11) is 1.41. The summed E-state index contributed by atoms with van der Waals surface area (Å²) in [6.45, 7) is 8.20. The van der Waals surface area contributed by atoms with E-state index in [1.54, 1.807) is 6.08 Å². The van der Waals surface area contributed by atoms with Crippen molar-refractivity contribution in [1.29, 1.82) is 0 Å². The van der Waals surface area contributed by atoms with Gasteiger partial charge in [-0.15, -0.1) is 6.58 Å². The van der Waals surface area contributed by atoms with Crippen molar-refractivity contribution in [3.63, 3.8) is 0 Å². The minimum absolute atomic E-state index is 0.212. The van der Waals surface area contributed by atoms with Crippen LogP contribution in [0.5, 0.6) is 0 Å². The molecule has 0 aromatic carbocycles. The maximum absolute atomic E-state index is 11.4. The topological polar surface area (TPSA) is 38.3 Å². The molecular formula is C10H19NO2. The molecule has 0 bridgehead atoms. The van der Waals surface area contributed by atoms with Crippen molar-refractivity contribution in [2.75, 3.05) is 13.7 Å². The van der Waals surface area contributed by atoms with Gasteiger partial charge >= 0.3 is 5.97 Å². The zero-order valence-electron chi connectivity index (χ0n) is 8.72. The van der Waals surface area contributed by atoms with Crippen LogP contribution < -0.4 is 5.32 Å². The van der Waals surface area contributed by atoms with Crippen molar-refractivity contribution in [1.82, 2.24) is 5.32 Å². The van der Waals surface area contributed by atoms with Gasteiger partial charge in [0, 0.05) is 0 Å². The van der Waals surface area contributed by atoms with Gasteiger partial charge in [0.1, 0.15) is 5.54 Å². The number of hydrogen-bond donors (Lipinski definition) is 1. The maximum Gasteiger partial charge on any atom is 0.325 e. The Bertz CT molecular complexity index is 180. The van der Waals surface area contributed by atoms with Gasteiger partial charge < -0.3 is 10.1 Å². The van der Waals surface area contributed by atoms with E-state index < -0.39 is 5.54 Å². The van der Waals surface area contributed by atoms with E-state index in [-0.39, 0.29) is 5.97 Å². The summed E-state index contributed by atoms with van der Waals surface area (Å²) in [6.07, 6.45) is 3.33. The highest BCUT2D eigenvalue weighted by molar-refractivity contribution is 5.80. The lowest BCUT2D eigenvalue weighted by Gasteiger charge is -2.26. The van der Waals surface area contributed by atoms with Crippen molar-refractivity contribution in [2.24, 2.45) is 0 Å². The molecule has 0 heterocycles. The molecule has 0 aromatic heterocycles. The quantitative estimate of drug-likeness (QED) is 0.503. The number of hydrogen-bond acceptors (Lipinski definition) is 3. The second kappa shape index (κ2) is 5.75.